The molecule has 1 unspecified atom stereocenters. The molecule has 0 aliphatic rings. The Bertz CT molecular complexity index is 1010. The minimum Gasteiger partial charge on any atom is -0.388 e. The van der Waals surface area contributed by atoms with Crippen LogP contribution in [0.15, 0.2) is 69.7 Å². The van der Waals surface area contributed by atoms with E-state index in [4.69, 9.17) is 4.52 Å². The predicted octanol–water partition coefficient (Wildman–Crippen LogP) is 4.32. The summed E-state index contributed by atoms with van der Waals surface area (Å²) < 4.78 is 6.28. The van der Waals surface area contributed by atoms with E-state index in [0.29, 0.717) is 17.4 Å². The summed E-state index contributed by atoms with van der Waals surface area (Å²) in [6, 6.07) is 19.2. The number of fused-ring (bicyclic) bond motifs is 1. The molecule has 0 bridgehead atoms. The van der Waals surface area contributed by atoms with Gasteiger partial charge in [-0.1, -0.05) is 57.5 Å². The number of aliphatic hydroxyl groups is 1. The highest BCUT2D eigenvalue weighted by atomic mass is 79.9. The molecular formula is C19H14BrN3O2. The van der Waals surface area contributed by atoms with Gasteiger partial charge in [0.15, 0.2) is 5.82 Å². The summed E-state index contributed by atoms with van der Waals surface area (Å²) in [5.41, 5.74) is 2.30. The number of nitrogens with zero attached hydrogens (tertiary/aromatic N) is 3. The molecule has 0 spiro atoms. The molecule has 1 N–H and O–H groups in total. The SMILES string of the molecule is OC(Cc1noc(-c2ccc3ccccc3n2)n1)c1ccc(Br)cc1. The Morgan fingerprint density at radius 1 is 0.960 bits per heavy atom. The molecule has 0 aliphatic heterocycles. The van der Waals surface area contributed by atoms with E-state index in [9.17, 15) is 5.11 Å². The fourth-order valence-electron chi connectivity index (χ4n) is 2.60. The highest BCUT2D eigenvalue weighted by Crippen LogP contribution is 2.22. The van der Waals surface area contributed by atoms with Gasteiger partial charge in [0.05, 0.1) is 11.6 Å². The van der Waals surface area contributed by atoms with Crippen LogP contribution in [-0.4, -0.2) is 20.2 Å². The van der Waals surface area contributed by atoms with Crippen LogP contribution in [0.4, 0.5) is 0 Å². The van der Waals surface area contributed by atoms with Gasteiger partial charge < -0.3 is 9.63 Å². The molecule has 0 amide bonds. The summed E-state index contributed by atoms with van der Waals surface area (Å²) in [5, 5.41) is 15.3. The molecule has 2 aromatic heterocycles. The van der Waals surface area contributed by atoms with Crippen molar-refractivity contribution in [3.8, 4) is 11.6 Å². The van der Waals surface area contributed by atoms with Crippen LogP contribution < -0.4 is 0 Å². The molecule has 0 aliphatic carbocycles. The Kier molecular flexibility index (Phi) is 4.29. The Labute approximate surface area is 152 Å². The van der Waals surface area contributed by atoms with E-state index in [0.717, 1.165) is 20.9 Å². The molecule has 2 heterocycles. The molecule has 0 saturated carbocycles. The third kappa shape index (κ3) is 3.45. The van der Waals surface area contributed by atoms with Gasteiger partial charge in [0.25, 0.3) is 5.89 Å². The molecule has 1 atom stereocenters. The lowest BCUT2D eigenvalue weighted by molar-refractivity contribution is 0.174. The summed E-state index contributed by atoms with van der Waals surface area (Å²) in [5.74, 6) is 0.795. The second-order valence-corrected chi connectivity index (χ2v) is 6.59. The van der Waals surface area contributed by atoms with Crippen molar-refractivity contribution in [2.45, 2.75) is 12.5 Å². The van der Waals surface area contributed by atoms with Crippen LogP contribution in [0.2, 0.25) is 0 Å². The van der Waals surface area contributed by atoms with Gasteiger partial charge in [0.1, 0.15) is 5.69 Å². The van der Waals surface area contributed by atoms with E-state index in [1.807, 2.05) is 60.7 Å². The van der Waals surface area contributed by atoms with Gasteiger partial charge in [0.2, 0.25) is 0 Å². The van der Waals surface area contributed by atoms with Gasteiger partial charge in [-0.05, 0) is 29.8 Å². The zero-order valence-corrected chi connectivity index (χ0v) is 14.7. The maximum Gasteiger partial charge on any atom is 0.276 e. The predicted molar refractivity (Wildman–Crippen MR) is 97.8 cm³/mol. The van der Waals surface area contributed by atoms with Crippen molar-refractivity contribution in [3.05, 3.63) is 76.5 Å². The molecule has 25 heavy (non-hydrogen) atoms. The first-order valence-electron chi connectivity index (χ1n) is 7.81. The third-order valence-corrected chi connectivity index (χ3v) is 4.44. The first kappa shape index (κ1) is 15.9. The van der Waals surface area contributed by atoms with E-state index in [1.54, 1.807) is 0 Å². The van der Waals surface area contributed by atoms with Gasteiger partial charge >= 0.3 is 0 Å². The average molecular weight is 396 g/mol. The van der Waals surface area contributed by atoms with Gasteiger partial charge in [-0.2, -0.15) is 4.98 Å². The zero-order chi connectivity index (χ0) is 17.2. The molecule has 4 aromatic rings. The van der Waals surface area contributed by atoms with E-state index < -0.39 is 6.10 Å². The highest BCUT2D eigenvalue weighted by molar-refractivity contribution is 9.10. The Hall–Kier alpha value is -2.57. The lowest BCUT2D eigenvalue weighted by atomic mass is 10.1. The number of hydrogen-bond donors (Lipinski definition) is 1. The fraction of sp³-hybridized carbons (Fsp3) is 0.105. The van der Waals surface area contributed by atoms with Crippen LogP contribution in [0.5, 0.6) is 0 Å². The molecular weight excluding hydrogens is 382 g/mol. The smallest absolute Gasteiger partial charge is 0.276 e. The van der Waals surface area contributed by atoms with Crippen LogP contribution in [0.1, 0.15) is 17.5 Å². The molecule has 124 valence electrons. The van der Waals surface area contributed by atoms with Crippen molar-refractivity contribution >= 4 is 26.8 Å². The van der Waals surface area contributed by atoms with Crippen molar-refractivity contribution in [1.82, 2.24) is 15.1 Å². The summed E-state index contributed by atoms with van der Waals surface area (Å²) in [6.07, 6.45) is -0.415. The van der Waals surface area contributed by atoms with Crippen molar-refractivity contribution in [1.29, 1.82) is 0 Å². The number of aliphatic hydroxyl groups excluding tert-OH is 1. The largest absolute Gasteiger partial charge is 0.388 e. The summed E-state index contributed by atoms with van der Waals surface area (Å²) >= 11 is 3.38. The second-order valence-electron chi connectivity index (χ2n) is 5.68. The lowest BCUT2D eigenvalue weighted by Gasteiger charge is -2.08. The van der Waals surface area contributed by atoms with E-state index in [-0.39, 0.29) is 6.42 Å². The van der Waals surface area contributed by atoms with Gasteiger partial charge in [-0.3, -0.25) is 0 Å². The second kappa shape index (κ2) is 6.74. The lowest BCUT2D eigenvalue weighted by Crippen LogP contribution is -2.03. The zero-order valence-electron chi connectivity index (χ0n) is 13.1. The minimum absolute atomic E-state index is 0.277. The van der Waals surface area contributed by atoms with Crippen LogP contribution in [0.3, 0.4) is 0 Å². The standard InChI is InChI=1S/C19H14BrN3O2/c20-14-8-5-13(6-9-14)17(24)11-18-22-19(25-23-18)16-10-7-12-3-1-2-4-15(12)21-16/h1-10,17,24H,11H2. The summed E-state index contributed by atoms with van der Waals surface area (Å²) in [7, 11) is 0. The molecule has 2 aromatic carbocycles. The monoisotopic (exact) mass is 395 g/mol. The Balaban J connectivity index is 1.55. The van der Waals surface area contributed by atoms with E-state index in [1.165, 1.54) is 0 Å². The molecule has 0 fully saturated rings. The maximum absolute atomic E-state index is 10.3. The number of hydrogen-bond acceptors (Lipinski definition) is 5. The van der Waals surface area contributed by atoms with Crippen molar-refractivity contribution < 1.29 is 9.63 Å². The normalized spacial score (nSPS) is 12.4. The quantitative estimate of drug-likeness (QED) is 0.556. The summed E-state index contributed by atoms with van der Waals surface area (Å²) in [4.78, 5) is 8.90. The number of halogens is 1. The summed E-state index contributed by atoms with van der Waals surface area (Å²) in [6.45, 7) is 0. The molecule has 0 saturated heterocycles. The Morgan fingerprint density at radius 3 is 2.60 bits per heavy atom. The van der Waals surface area contributed by atoms with Crippen LogP contribution in [0.25, 0.3) is 22.5 Å². The highest BCUT2D eigenvalue weighted by Gasteiger charge is 2.15. The average Bonchev–Trinajstić information content (AvgIpc) is 3.10. The number of aromatic nitrogens is 3. The van der Waals surface area contributed by atoms with Crippen molar-refractivity contribution in [3.63, 3.8) is 0 Å². The van der Waals surface area contributed by atoms with E-state index >= 15 is 0 Å². The van der Waals surface area contributed by atoms with Gasteiger partial charge in [0, 0.05) is 16.3 Å². The molecule has 4 rings (SSSR count). The van der Waals surface area contributed by atoms with Crippen LogP contribution in [0, 0.1) is 0 Å². The third-order valence-electron chi connectivity index (χ3n) is 3.92. The molecule has 5 nitrogen and oxygen atoms in total. The number of pyridine rings is 1. The van der Waals surface area contributed by atoms with Crippen molar-refractivity contribution in [2.24, 2.45) is 0 Å². The number of benzene rings is 2. The number of para-hydroxylation sites is 1. The van der Waals surface area contributed by atoms with E-state index in [2.05, 4.69) is 31.1 Å². The molecule has 6 heteroatoms. The minimum atomic E-state index is -0.692. The van der Waals surface area contributed by atoms with Crippen LogP contribution >= 0.6 is 15.9 Å². The van der Waals surface area contributed by atoms with Crippen LogP contribution in [-0.2, 0) is 6.42 Å². The van der Waals surface area contributed by atoms with Crippen molar-refractivity contribution in [2.75, 3.05) is 0 Å². The van der Waals surface area contributed by atoms with Gasteiger partial charge in [-0.25, -0.2) is 4.98 Å². The maximum atomic E-state index is 10.3. The Morgan fingerprint density at radius 2 is 1.76 bits per heavy atom. The molecule has 0 radical (unpaired) electrons. The first-order valence-corrected chi connectivity index (χ1v) is 8.60. The number of rotatable bonds is 4. The fourth-order valence-corrected chi connectivity index (χ4v) is 2.87. The van der Waals surface area contributed by atoms with Gasteiger partial charge in [-0.15, -0.1) is 0 Å². The first-order chi connectivity index (χ1) is 12.2. The topological polar surface area (TPSA) is 72.0 Å².